The summed E-state index contributed by atoms with van der Waals surface area (Å²) in [5.74, 6) is 0.946. The molecule has 152 valence electrons. The molecule has 4 N–H and O–H groups in total. The minimum Gasteiger partial charge on any atom is -0.339 e. The van der Waals surface area contributed by atoms with E-state index in [9.17, 15) is 4.21 Å². The van der Waals surface area contributed by atoms with Crippen LogP contribution in [0.4, 0.5) is 23.1 Å². The molecule has 1 unspecified atom stereocenters. The Balaban J connectivity index is 1.57. The fourth-order valence-corrected chi connectivity index (χ4v) is 3.32. The summed E-state index contributed by atoms with van der Waals surface area (Å²) < 4.78 is 23.1. The molecule has 4 rings (SSSR count). The second-order valence-corrected chi connectivity index (χ2v) is 7.77. The molecule has 0 saturated heterocycles. The van der Waals surface area contributed by atoms with Crippen molar-refractivity contribution in [3.8, 4) is 0 Å². The molecule has 0 aliphatic heterocycles. The SMILES string of the molecule is O=S(O)NCc1ccccc1Nc1nc(Nc2ccc3nccnc3c2)ncc1Br. The Kier molecular flexibility index (Phi) is 6.23. The number of aromatic nitrogens is 4. The Morgan fingerprint density at radius 2 is 1.80 bits per heavy atom. The summed E-state index contributed by atoms with van der Waals surface area (Å²) in [6.07, 6.45) is 4.93. The second-order valence-electron chi connectivity index (χ2n) is 6.13. The van der Waals surface area contributed by atoms with Crippen LogP contribution < -0.4 is 15.4 Å². The molecule has 1 atom stereocenters. The lowest BCUT2D eigenvalue weighted by atomic mass is 10.2. The topological polar surface area (TPSA) is 125 Å². The average molecular weight is 486 g/mol. The van der Waals surface area contributed by atoms with Crippen LogP contribution in [0.2, 0.25) is 0 Å². The van der Waals surface area contributed by atoms with Gasteiger partial charge in [-0.25, -0.2) is 13.9 Å². The van der Waals surface area contributed by atoms with E-state index in [1.165, 1.54) is 0 Å². The lowest BCUT2D eigenvalue weighted by molar-refractivity contribution is 0.549. The van der Waals surface area contributed by atoms with Crippen molar-refractivity contribution in [1.29, 1.82) is 0 Å². The molecule has 30 heavy (non-hydrogen) atoms. The lowest BCUT2D eigenvalue weighted by Gasteiger charge is -2.13. The van der Waals surface area contributed by atoms with Crippen molar-refractivity contribution < 1.29 is 8.76 Å². The monoisotopic (exact) mass is 485 g/mol. The average Bonchev–Trinajstić information content (AvgIpc) is 2.75. The van der Waals surface area contributed by atoms with Gasteiger partial charge in [-0.3, -0.25) is 14.5 Å². The van der Waals surface area contributed by atoms with Crippen LogP contribution in [-0.4, -0.2) is 28.7 Å². The maximum absolute atomic E-state index is 10.9. The van der Waals surface area contributed by atoms with Gasteiger partial charge < -0.3 is 10.6 Å². The highest BCUT2D eigenvalue weighted by Crippen LogP contribution is 2.27. The van der Waals surface area contributed by atoms with Crippen LogP contribution in [0.3, 0.4) is 0 Å². The molecule has 0 aliphatic rings. The molecule has 0 saturated carbocycles. The summed E-state index contributed by atoms with van der Waals surface area (Å²) >= 11 is 1.36. The number of halogens is 1. The molecule has 0 radical (unpaired) electrons. The molecule has 9 nitrogen and oxygen atoms in total. The third-order valence-corrected chi connectivity index (χ3v) is 5.10. The highest BCUT2D eigenvalue weighted by molar-refractivity contribution is 9.10. The van der Waals surface area contributed by atoms with Gasteiger partial charge in [0.25, 0.3) is 0 Å². The van der Waals surface area contributed by atoms with E-state index in [0.29, 0.717) is 16.2 Å². The molecule has 2 heterocycles. The van der Waals surface area contributed by atoms with E-state index in [4.69, 9.17) is 4.55 Å². The van der Waals surface area contributed by atoms with Crippen LogP contribution >= 0.6 is 15.9 Å². The molecule has 2 aromatic heterocycles. The second kappa shape index (κ2) is 9.22. The van der Waals surface area contributed by atoms with E-state index in [0.717, 1.165) is 28.0 Å². The van der Waals surface area contributed by atoms with E-state index in [2.05, 4.69) is 51.2 Å². The Bertz CT molecular complexity index is 1220. The Labute approximate surface area is 183 Å². The van der Waals surface area contributed by atoms with Crippen molar-refractivity contribution in [3.63, 3.8) is 0 Å². The first kappa shape index (κ1) is 20.3. The summed E-state index contributed by atoms with van der Waals surface area (Å²) in [6.45, 7) is 0.220. The molecule has 2 aromatic carbocycles. The first-order valence-electron chi connectivity index (χ1n) is 8.78. The summed E-state index contributed by atoms with van der Waals surface area (Å²) in [5.41, 5.74) is 3.91. The van der Waals surface area contributed by atoms with E-state index in [1.54, 1.807) is 18.6 Å². The molecular formula is C19H16BrN7O2S. The van der Waals surface area contributed by atoms with Crippen LogP contribution in [-0.2, 0) is 17.8 Å². The molecule has 11 heteroatoms. The van der Waals surface area contributed by atoms with Gasteiger partial charge in [-0.15, -0.1) is 0 Å². The molecule has 0 amide bonds. The Hall–Kier alpha value is -2.99. The largest absolute Gasteiger partial charge is 0.339 e. The third-order valence-electron chi connectivity index (χ3n) is 4.13. The zero-order chi connectivity index (χ0) is 20.9. The van der Waals surface area contributed by atoms with Gasteiger partial charge in [0.1, 0.15) is 5.82 Å². The Morgan fingerprint density at radius 1 is 1.00 bits per heavy atom. The first-order chi connectivity index (χ1) is 14.6. The van der Waals surface area contributed by atoms with Gasteiger partial charge in [0.2, 0.25) is 17.2 Å². The molecule has 0 bridgehead atoms. The van der Waals surface area contributed by atoms with Gasteiger partial charge in [0.15, 0.2) is 0 Å². The van der Waals surface area contributed by atoms with Gasteiger partial charge in [0, 0.05) is 36.5 Å². The third kappa shape index (κ3) is 4.94. The number of nitrogens with zero attached hydrogens (tertiary/aromatic N) is 4. The smallest absolute Gasteiger partial charge is 0.232 e. The number of benzene rings is 2. The normalized spacial score (nSPS) is 11.9. The van der Waals surface area contributed by atoms with Crippen LogP contribution in [0.1, 0.15) is 5.56 Å². The van der Waals surface area contributed by atoms with Gasteiger partial charge in [-0.05, 0) is 45.8 Å². The van der Waals surface area contributed by atoms with Crippen LogP contribution in [0.5, 0.6) is 0 Å². The van der Waals surface area contributed by atoms with E-state index in [-0.39, 0.29) is 6.54 Å². The zero-order valence-corrected chi connectivity index (χ0v) is 17.8. The van der Waals surface area contributed by atoms with Gasteiger partial charge in [-0.2, -0.15) is 4.98 Å². The maximum atomic E-state index is 10.9. The summed E-state index contributed by atoms with van der Waals surface area (Å²) in [5, 5.41) is 6.41. The van der Waals surface area contributed by atoms with Crippen molar-refractivity contribution in [2.24, 2.45) is 0 Å². The predicted molar refractivity (Wildman–Crippen MR) is 120 cm³/mol. The van der Waals surface area contributed by atoms with Gasteiger partial charge in [0.05, 0.1) is 15.5 Å². The molecular weight excluding hydrogens is 470 g/mol. The van der Waals surface area contributed by atoms with Crippen molar-refractivity contribution in [3.05, 3.63) is 71.1 Å². The quantitative estimate of drug-likeness (QED) is 0.290. The number of anilines is 4. The summed E-state index contributed by atoms with van der Waals surface area (Å²) in [6, 6.07) is 13.1. The first-order valence-corrected chi connectivity index (χ1v) is 10.7. The van der Waals surface area contributed by atoms with E-state index >= 15 is 0 Å². The number of nitrogens with one attached hydrogen (secondary N) is 3. The van der Waals surface area contributed by atoms with Crippen molar-refractivity contribution in [2.45, 2.75) is 6.54 Å². The van der Waals surface area contributed by atoms with Gasteiger partial charge in [-0.1, -0.05) is 18.2 Å². The standard InChI is InChI=1S/C19H16BrN7O2S/c20-14-11-23-19(25-13-5-6-16-17(9-13)22-8-7-21-16)27-18(14)26-15-4-2-1-3-12(15)10-24-30(28)29/h1-9,11,24H,10H2,(H,28,29)(H2,23,25,26,27). The molecule has 0 aliphatic carbocycles. The number of rotatable bonds is 7. The minimum atomic E-state index is -2.09. The van der Waals surface area contributed by atoms with Gasteiger partial charge >= 0.3 is 0 Å². The van der Waals surface area contributed by atoms with Crippen LogP contribution in [0.25, 0.3) is 11.0 Å². The highest BCUT2D eigenvalue weighted by atomic mass is 79.9. The van der Waals surface area contributed by atoms with Crippen LogP contribution in [0.15, 0.2) is 65.5 Å². The number of hydrogen-bond donors (Lipinski definition) is 4. The maximum Gasteiger partial charge on any atom is 0.232 e. The minimum absolute atomic E-state index is 0.220. The fourth-order valence-electron chi connectivity index (χ4n) is 2.75. The van der Waals surface area contributed by atoms with Crippen molar-refractivity contribution in [1.82, 2.24) is 24.7 Å². The molecule has 0 fully saturated rings. The number of hydrogen-bond acceptors (Lipinski definition) is 7. The predicted octanol–water partition coefficient (Wildman–Crippen LogP) is 3.90. The van der Waals surface area contributed by atoms with E-state index < -0.39 is 11.3 Å². The summed E-state index contributed by atoms with van der Waals surface area (Å²) in [7, 11) is 0. The highest BCUT2D eigenvalue weighted by Gasteiger charge is 2.10. The zero-order valence-electron chi connectivity index (χ0n) is 15.4. The number of para-hydroxylation sites is 1. The Morgan fingerprint density at radius 3 is 2.63 bits per heavy atom. The fraction of sp³-hybridized carbons (Fsp3) is 0.0526. The number of fused-ring (bicyclic) bond motifs is 1. The summed E-state index contributed by atoms with van der Waals surface area (Å²) in [4.78, 5) is 17.4. The lowest BCUT2D eigenvalue weighted by Crippen LogP contribution is -2.16. The van der Waals surface area contributed by atoms with Crippen molar-refractivity contribution in [2.75, 3.05) is 10.6 Å². The molecule has 4 aromatic rings. The van der Waals surface area contributed by atoms with Crippen molar-refractivity contribution >= 4 is 61.4 Å². The van der Waals surface area contributed by atoms with Crippen LogP contribution in [0, 0.1) is 0 Å². The molecule has 0 spiro atoms. The van der Waals surface area contributed by atoms with E-state index in [1.807, 2.05) is 42.5 Å².